The second-order valence-electron chi connectivity index (χ2n) is 5.56. The van der Waals surface area contributed by atoms with Gasteiger partial charge in [-0.15, -0.1) is 5.10 Å². The third kappa shape index (κ3) is 2.09. The quantitative estimate of drug-likeness (QED) is 0.498. The Labute approximate surface area is 141 Å². The molecule has 0 aliphatic heterocycles. The number of nitrogens with zero attached hydrogens (tertiary/aromatic N) is 6. The Morgan fingerprint density at radius 1 is 0.880 bits per heavy atom. The first-order valence-corrected chi connectivity index (χ1v) is 7.71. The number of aromatic nitrogens is 6. The van der Waals surface area contributed by atoms with Gasteiger partial charge in [0.1, 0.15) is 12.1 Å². The molecule has 6 nitrogen and oxygen atoms in total. The van der Waals surface area contributed by atoms with Crippen LogP contribution in [0.15, 0.2) is 67.1 Å². The Kier molecular flexibility index (Phi) is 2.87. The summed E-state index contributed by atoms with van der Waals surface area (Å²) in [5.74, 6) is -0.0394. The first-order valence-electron chi connectivity index (χ1n) is 7.71. The van der Waals surface area contributed by atoms with Gasteiger partial charge in [0.15, 0.2) is 17.1 Å². The summed E-state index contributed by atoms with van der Waals surface area (Å²) < 4.78 is 17.3. The molecular weight excluding hydrogens is 319 g/mol. The standard InChI is InChI=1S/C18H11FN6/c19-15-9-5-4-8-13(15)16-22-18-14-10-21-25(12-6-2-1-3-7-12)17(14)20-11-24(18)23-16/h1-11H. The highest BCUT2D eigenvalue weighted by Gasteiger charge is 2.15. The van der Waals surface area contributed by atoms with Gasteiger partial charge in [-0.2, -0.15) is 5.10 Å². The van der Waals surface area contributed by atoms with Crippen LogP contribution in [0.1, 0.15) is 0 Å². The predicted molar refractivity (Wildman–Crippen MR) is 90.8 cm³/mol. The largest absolute Gasteiger partial charge is 0.216 e. The Morgan fingerprint density at radius 2 is 1.68 bits per heavy atom. The summed E-state index contributed by atoms with van der Waals surface area (Å²) in [4.78, 5) is 8.94. The second kappa shape index (κ2) is 5.20. The molecule has 0 amide bonds. The molecule has 0 N–H and O–H groups in total. The minimum absolute atomic E-state index is 0.319. The molecule has 0 bridgehead atoms. The van der Waals surface area contributed by atoms with Gasteiger partial charge in [0.05, 0.1) is 22.8 Å². The lowest BCUT2D eigenvalue weighted by Crippen LogP contribution is -1.98. The number of halogens is 1. The van der Waals surface area contributed by atoms with Gasteiger partial charge in [0, 0.05) is 0 Å². The van der Waals surface area contributed by atoms with Crippen molar-refractivity contribution in [3.05, 3.63) is 72.9 Å². The van der Waals surface area contributed by atoms with E-state index in [1.807, 2.05) is 30.3 Å². The molecule has 0 radical (unpaired) electrons. The maximum Gasteiger partial charge on any atom is 0.185 e. The van der Waals surface area contributed by atoms with E-state index in [0.29, 0.717) is 22.7 Å². The van der Waals surface area contributed by atoms with Gasteiger partial charge < -0.3 is 0 Å². The third-order valence-electron chi connectivity index (χ3n) is 4.02. The monoisotopic (exact) mass is 330 g/mol. The van der Waals surface area contributed by atoms with Crippen LogP contribution in [0.3, 0.4) is 0 Å². The topological polar surface area (TPSA) is 60.9 Å². The molecule has 3 aromatic heterocycles. The lowest BCUT2D eigenvalue weighted by atomic mass is 10.2. The van der Waals surface area contributed by atoms with Crippen molar-refractivity contribution in [1.29, 1.82) is 0 Å². The minimum Gasteiger partial charge on any atom is -0.216 e. The highest BCUT2D eigenvalue weighted by atomic mass is 19.1. The van der Waals surface area contributed by atoms with Crippen LogP contribution in [-0.2, 0) is 0 Å². The molecule has 0 spiro atoms. The fraction of sp³-hybridized carbons (Fsp3) is 0. The molecule has 0 saturated carbocycles. The molecule has 0 atom stereocenters. The van der Waals surface area contributed by atoms with Crippen molar-refractivity contribution in [2.75, 3.05) is 0 Å². The normalized spacial score (nSPS) is 11.4. The van der Waals surface area contributed by atoms with Crippen LogP contribution in [0.5, 0.6) is 0 Å². The number of rotatable bonds is 2. The number of hydrogen-bond donors (Lipinski definition) is 0. The van der Waals surface area contributed by atoms with E-state index in [1.165, 1.54) is 6.07 Å². The van der Waals surface area contributed by atoms with Gasteiger partial charge in [0.2, 0.25) is 0 Å². The van der Waals surface area contributed by atoms with E-state index in [1.54, 1.807) is 39.9 Å². The molecule has 0 aliphatic rings. The molecule has 0 unspecified atom stereocenters. The molecule has 5 rings (SSSR count). The van der Waals surface area contributed by atoms with Crippen LogP contribution in [0.25, 0.3) is 33.8 Å². The molecule has 2 aromatic carbocycles. The maximum atomic E-state index is 14.0. The van der Waals surface area contributed by atoms with Crippen LogP contribution >= 0.6 is 0 Å². The molecule has 0 saturated heterocycles. The van der Waals surface area contributed by atoms with Crippen molar-refractivity contribution in [2.24, 2.45) is 0 Å². The molecular formula is C18H11FN6. The van der Waals surface area contributed by atoms with Gasteiger partial charge in [-0.1, -0.05) is 30.3 Å². The van der Waals surface area contributed by atoms with Crippen molar-refractivity contribution in [3.8, 4) is 17.1 Å². The lowest BCUT2D eigenvalue weighted by Gasteiger charge is -2.01. The summed E-state index contributed by atoms with van der Waals surface area (Å²) in [5.41, 5.74) is 2.52. The molecule has 25 heavy (non-hydrogen) atoms. The fourth-order valence-electron chi connectivity index (χ4n) is 2.84. The van der Waals surface area contributed by atoms with Crippen molar-refractivity contribution in [2.45, 2.75) is 0 Å². The van der Waals surface area contributed by atoms with Crippen molar-refractivity contribution >= 4 is 16.7 Å². The predicted octanol–water partition coefficient (Wildman–Crippen LogP) is 3.27. The third-order valence-corrected chi connectivity index (χ3v) is 4.02. The van der Waals surface area contributed by atoms with E-state index < -0.39 is 0 Å². The average Bonchev–Trinajstić information content (AvgIpc) is 3.26. The first-order chi connectivity index (χ1) is 12.3. The SMILES string of the molecule is Fc1ccccc1-c1nc2c3cnn(-c4ccccc4)c3ncn2n1. The summed E-state index contributed by atoms with van der Waals surface area (Å²) in [5, 5.41) is 9.51. The van der Waals surface area contributed by atoms with E-state index in [-0.39, 0.29) is 5.82 Å². The number of benzene rings is 2. The minimum atomic E-state index is -0.359. The zero-order valence-corrected chi connectivity index (χ0v) is 12.9. The van der Waals surface area contributed by atoms with Crippen LogP contribution in [-0.4, -0.2) is 29.4 Å². The summed E-state index contributed by atoms with van der Waals surface area (Å²) in [6.07, 6.45) is 3.26. The fourth-order valence-corrected chi connectivity index (χ4v) is 2.84. The van der Waals surface area contributed by atoms with Gasteiger partial charge >= 0.3 is 0 Å². The van der Waals surface area contributed by atoms with Gasteiger partial charge in [-0.3, -0.25) is 0 Å². The summed E-state index contributed by atoms with van der Waals surface area (Å²) in [6, 6.07) is 16.2. The highest BCUT2D eigenvalue weighted by Crippen LogP contribution is 2.23. The molecule has 0 aliphatic carbocycles. The van der Waals surface area contributed by atoms with Crippen LogP contribution in [0.4, 0.5) is 4.39 Å². The van der Waals surface area contributed by atoms with Crippen molar-refractivity contribution < 1.29 is 4.39 Å². The highest BCUT2D eigenvalue weighted by molar-refractivity contribution is 5.89. The summed E-state index contributed by atoms with van der Waals surface area (Å²) in [7, 11) is 0. The molecule has 7 heteroatoms. The summed E-state index contributed by atoms with van der Waals surface area (Å²) >= 11 is 0. The molecule has 3 heterocycles. The number of para-hydroxylation sites is 1. The molecule has 0 fully saturated rings. The number of fused-ring (bicyclic) bond motifs is 3. The maximum absolute atomic E-state index is 14.0. The Balaban J connectivity index is 1.74. The van der Waals surface area contributed by atoms with E-state index >= 15 is 0 Å². The van der Waals surface area contributed by atoms with E-state index in [9.17, 15) is 4.39 Å². The van der Waals surface area contributed by atoms with Gasteiger partial charge in [-0.05, 0) is 24.3 Å². The van der Waals surface area contributed by atoms with Gasteiger partial charge in [-0.25, -0.2) is 23.6 Å². The first kappa shape index (κ1) is 13.8. The summed E-state index contributed by atoms with van der Waals surface area (Å²) in [6.45, 7) is 0. The van der Waals surface area contributed by atoms with Gasteiger partial charge in [0.25, 0.3) is 0 Å². The Bertz CT molecular complexity index is 1210. The van der Waals surface area contributed by atoms with Crippen LogP contribution < -0.4 is 0 Å². The van der Waals surface area contributed by atoms with Crippen molar-refractivity contribution in [3.63, 3.8) is 0 Å². The number of hydrogen-bond acceptors (Lipinski definition) is 4. The van der Waals surface area contributed by atoms with E-state index in [0.717, 1.165) is 11.1 Å². The average molecular weight is 330 g/mol. The molecule has 120 valence electrons. The lowest BCUT2D eigenvalue weighted by molar-refractivity contribution is 0.630. The Morgan fingerprint density at radius 3 is 2.52 bits per heavy atom. The zero-order valence-electron chi connectivity index (χ0n) is 12.9. The van der Waals surface area contributed by atoms with E-state index in [4.69, 9.17) is 0 Å². The molecule has 5 aromatic rings. The van der Waals surface area contributed by atoms with Crippen LogP contribution in [0.2, 0.25) is 0 Å². The Hall–Kier alpha value is -3.61. The van der Waals surface area contributed by atoms with E-state index in [2.05, 4.69) is 20.2 Å². The smallest absolute Gasteiger partial charge is 0.185 e. The second-order valence-corrected chi connectivity index (χ2v) is 5.56. The van der Waals surface area contributed by atoms with Crippen LogP contribution in [0, 0.1) is 5.82 Å². The van der Waals surface area contributed by atoms with Crippen molar-refractivity contribution in [1.82, 2.24) is 29.4 Å². The zero-order chi connectivity index (χ0) is 16.8.